The zero-order valence-corrected chi connectivity index (χ0v) is 10.4. The molecule has 5 nitrogen and oxygen atoms in total. The molecule has 0 N–H and O–H groups in total. The highest BCUT2D eigenvalue weighted by atomic mass is 16.3. The van der Waals surface area contributed by atoms with E-state index in [1.54, 1.807) is 23.1 Å². The summed E-state index contributed by atoms with van der Waals surface area (Å²) in [6, 6.07) is 11.2. The summed E-state index contributed by atoms with van der Waals surface area (Å²) in [6.07, 6.45) is 4.65. The van der Waals surface area contributed by atoms with Crippen LogP contribution in [-0.2, 0) is 0 Å². The van der Waals surface area contributed by atoms with E-state index < -0.39 is 0 Å². The van der Waals surface area contributed by atoms with Gasteiger partial charge in [-0.25, -0.2) is 4.68 Å². The molecule has 0 aliphatic heterocycles. The van der Waals surface area contributed by atoms with Gasteiger partial charge in [-0.15, -0.1) is 0 Å². The Balaban J connectivity index is 2.14. The summed E-state index contributed by atoms with van der Waals surface area (Å²) in [5, 5.41) is 5.23. The van der Waals surface area contributed by atoms with Crippen molar-refractivity contribution >= 4 is 22.1 Å². The maximum atomic E-state index is 12.4. The summed E-state index contributed by atoms with van der Waals surface area (Å²) in [4.78, 5) is 16.4. The molecule has 0 aliphatic carbocycles. The average Bonchev–Trinajstić information content (AvgIpc) is 2.92. The third-order valence-corrected chi connectivity index (χ3v) is 3.21. The first kappa shape index (κ1) is 10.9. The molecule has 3 aromatic heterocycles. The van der Waals surface area contributed by atoms with Gasteiger partial charge < -0.3 is 4.42 Å². The molecule has 0 unspecified atom stereocenters. The molecule has 1 aromatic carbocycles. The molecule has 3 heterocycles. The lowest BCUT2D eigenvalue weighted by Gasteiger charge is -2.02. The molecular formula is C15H9N3O2. The van der Waals surface area contributed by atoms with E-state index in [9.17, 15) is 4.79 Å². The molecule has 4 aromatic rings. The lowest BCUT2D eigenvalue weighted by Crippen LogP contribution is -2.02. The van der Waals surface area contributed by atoms with Crippen LogP contribution < -0.4 is 5.43 Å². The largest absolute Gasteiger partial charge is 0.436 e. The third-order valence-electron chi connectivity index (χ3n) is 3.21. The fourth-order valence-corrected chi connectivity index (χ4v) is 2.24. The number of benzene rings is 1. The number of para-hydroxylation sites is 1. The molecule has 0 amide bonds. The van der Waals surface area contributed by atoms with Crippen molar-refractivity contribution in [2.75, 3.05) is 0 Å². The minimum atomic E-state index is -0.0918. The van der Waals surface area contributed by atoms with Crippen LogP contribution in [-0.4, -0.2) is 14.8 Å². The van der Waals surface area contributed by atoms with E-state index in [-0.39, 0.29) is 5.43 Å². The maximum absolute atomic E-state index is 12.4. The van der Waals surface area contributed by atoms with Gasteiger partial charge in [0.15, 0.2) is 5.58 Å². The second-order valence-corrected chi connectivity index (χ2v) is 4.41. The van der Waals surface area contributed by atoms with Gasteiger partial charge >= 0.3 is 0 Å². The summed E-state index contributed by atoms with van der Waals surface area (Å²) in [6.45, 7) is 0. The lowest BCUT2D eigenvalue weighted by atomic mass is 10.2. The van der Waals surface area contributed by atoms with Crippen LogP contribution in [0.25, 0.3) is 27.8 Å². The summed E-state index contributed by atoms with van der Waals surface area (Å²) in [5.41, 5.74) is 1.64. The quantitative estimate of drug-likeness (QED) is 0.529. The zero-order chi connectivity index (χ0) is 13.5. The van der Waals surface area contributed by atoms with Crippen LogP contribution in [0, 0.1) is 0 Å². The van der Waals surface area contributed by atoms with Crippen LogP contribution in [0.4, 0.5) is 0 Å². The van der Waals surface area contributed by atoms with Crippen LogP contribution in [0.15, 0.2) is 64.2 Å². The molecule has 5 heteroatoms. The summed E-state index contributed by atoms with van der Waals surface area (Å²) >= 11 is 0. The van der Waals surface area contributed by atoms with Crippen molar-refractivity contribution in [2.24, 2.45) is 0 Å². The van der Waals surface area contributed by atoms with Crippen LogP contribution in [0.1, 0.15) is 0 Å². The Morgan fingerprint density at radius 3 is 2.70 bits per heavy atom. The molecule has 4 rings (SSSR count). The fourth-order valence-electron chi connectivity index (χ4n) is 2.24. The first-order valence-corrected chi connectivity index (χ1v) is 6.14. The van der Waals surface area contributed by atoms with E-state index in [1.807, 2.05) is 30.3 Å². The summed E-state index contributed by atoms with van der Waals surface area (Å²) < 4.78 is 7.40. The number of fused-ring (bicyclic) bond motifs is 2. The molecule has 0 bridgehead atoms. The molecule has 20 heavy (non-hydrogen) atoms. The Morgan fingerprint density at radius 2 is 1.85 bits per heavy atom. The molecule has 96 valence electrons. The summed E-state index contributed by atoms with van der Waals surface area (Å²) in [7, 11) is 0. The van der Waals surface area contributed by atoms with Gasteiger partial charge in [0.25, 0.3) is 0 Å². The molecule has 0 fully saturated rings. The smallest absolute Gasteiger partial charge is 0.233 e. The van der Waals surface area contributed by atoms with Gasteiger partial charge in [0.05, 0.1) is 23.5 Å². The second kappa shape index (κ2) is 4.03. The average molecular weight is 263 g/mol. The molecule has 0 spiro atoms. The Bertz CT molecular complexity index is 971. The van der Waals surface area contributed by atoms with E-state index in [1.165, 1.54) is 6.20 Å². The first-order chi connectivity index (χ1) is 9.84. The zero-order valence-electron chi connectivity index (χ0n) is 10.4. The highest BCUT2D eigenvalue weighted by Crippen LogP contribution is 2.20. The topological polar surface area (TPSA) is 60.9 Å². The monoisotopic (exact) mass is 263 g/mol. The highest BCUT2D eigenvalue weighted by Gasteiger charge is 2.13. The van der Waals surface area contributed by atoms with Crippen molar-refractivity contribution in [1.29, 1.82) is 0 Å². The van der Waals surface area contributed by atoms with E-state index in [4.69, 9.17) is 4.42 Å². The van der Waals surface area contributed by atoms with Gasteiger partial charge in [-0.3, -0.25) is 9.78 Å². The van der Waals surface area contributed by atoms with Crippen molar-refractivity contribution in [3.05, 3.63) is 65.2 Å². The van der Waals surface area contributed by atoms with Gasteiger partial charge in [0, 0.05) is 6.20 Å². The Labute approximate surface area is 113 Å². The van der Waals surface area contributed by atoms with E-state index >= 15 is 0 Å². The van der Waals surface area contributed by atoms with E-state index in [2.05, 4.69) is 10.1 Å². The van der Waals surface area contributed by atoms with E-state index in [0.29, 0.717) is 22.1 Å². The Hall–Kier alpha value is -2.95. The predicted molar refractivity (Wildman–Crippen MR) is 74.9 cm³/mol. The van der Waals surface area contributed by atoms with Crippen molar-refractivity contribution in [1.82, 2.24) is 14.8 Å². The molecule has 0 saturated carbocycles. The Kier molecular flexibility index (Phi) is 2.20. The normalized spacial score (nSPS) is 11.2. The lowest BCUT2D eigenvalue weighted by molar-refractivity contribution is 0.620. The SMILES string of the molecule is O=c1c2ccncc2oc2c1cnn2-c1ccccc1. The third kappa shape index (κ3) is 1.46. The van der Waals surface area contributed by atoms with Crippen LogP contribution in [0.3, 0.4) is 0 Å². The van der Waals surface area contributed by atoms with Gasteiger partial charge in [-0.2, -0.15) is 5.10 Å². The van der Waals surface area contributed by atoms with Gasteiger partial charge in [0.1, 0.15) is 5.39 Å². The number of hydrogen-bond donors (Lipinski definition) is 0. The van der Waals surface area contributed by atoms with Crippen LogP contribution >= 0.6 is 0 Å². The number of hydrogen-bond acceptors (Lipinski definition) is 4. The number of rotatable bonds is 1. The number of pyridine rings is 1. The Morgan fingerprint density at radius 1 is 1.00 bits per heavy atom. The minimum absolute atomic E-state index is 0.0918. The van der Waals surface area contributed by atoms with Crippen molar-refractivity contribution in [3.63, 3.8) is 0 Å². The molecule has 0 aliphatic rings. The van der Waals surface area contributed by atoms with Crippen LogP contribution in [0.5, 0.6) is 0 Å². The predicted octanol–water partition coefficient (Wildman–Crippen LogP) is 2.53. The summed E-state index contributed by atoms with van der Waals surface area (Å²) in [5.74, 6) is 0. The molecule has 0 radical (unpaired) electrons. The van der Waals surface area contributed by atoms with Crippen molar-refractivity contribution in [3.8, 4) is 5.69 Å². The second-order valence-electron chi connectivity index (χ2n) is 4.41. The standard InChI is InChI=1S/C15H9N3O2/c19-14-11-6-7-16-9-13(11)20-15-12(14)8-17-18(15)10-4-2-1-3-5-10/h1-9H. The molecule has 0 atom stereocenters. The van der Waals surface area contributed by atoms with Crippen molar-refractivity contribution < 1.29 is 4.42 Å². The first-order valence-electron chi connectivity index (χ1n) is 6.14. The van der Waals surface area contributed by atoms with Gasteiger partial charge in [0.2, 0.25) is 11.1 Å². The number of nitrogens with zero attached hydrogens (tertiary/aromatic N) is 3. The maximum Gasteiger partial charge on any atom is 0.233 e. The number of aromatic nitrogens is 3. The van der Waals surface area contributed by atoms with Crippen LogP contribution in [0.2, 0.25) is 0 Å². The highest BCUT2D eigenvalue weighted by molar-refractivity contribution is 5.87. The minimum Gasteiger partial charge on any atom is -0.436 e. The van der Waals surface area contributed by atoms with Gasteiger partial charge in [-0.1, -0.05) is 18.2 Å². The van der Waals surface area contributed by atoms with Gasteiger partial charge in [-0.05, 0) is 18.2 Å². The fraction of sp³-hybridized carbons (Fsp3) is 0. The molecular weight excluding hydrogens is 254 g/mol. The van der Waals surface area contributed by atoms with Crippen molar-refractivity contribution in [2.45, 2.75) is 0 Å². The molecule has 0 saturated heterocycles. The van der Waals surface area contributed by atoms with E-state index in [0.717, 1.165) is 5.69 Å².